The van der Waals surface area contributed by atoms with Gasteiger partial charge in [-0.25, -0.2) is 0 Å². The van der Waals surface area contributed by atoms with E-state index in [4.69, 9.17) is 9.84 Å². The molecule has 0 spiro atoms. The number of carboxylic acids is 1. The molecule has 6 heteroatoms. The molecule has 1 saturated heterocycles. The number of likely N-dealkylation sites (tertiary alicyclic amines) is 1. The maximum absolute atomic E-state index is 11.9. The highest BCUT2D eigenvalue weighted by Gasteiger charge is 2.30. The highest BCUT2D eigenvalue weighted by molar-refractivity contribution is 9.10. The molecule has 5 nitrogen and oxygen atoms in total. The van der Waals surface area contributed by atoms with Gasteiger partial charge in [0.25, 0.3) is 5.91 Å². The molecule has 1 aliphatic rings. The number of aliphatic carboxylic acids is 1. The van der Waals surface area contributed by atoms with Gasteiger partial charge in [0.2, 0.25) is 0 Å². The van der Waals surface area contributed by atoms with E-state index in [0.717, 1.165) is 4.47 Å². The molecule has 0 bridgehead atoms. The van der Waals surface area contributed by atoms with Crippen molar-refractivity contribution >= 4 is 27.8 Å². The minimum Gasteiger partial charge on any atom is -0.484 e. The highest BCUT2D eigenvalue weighted by atomic mass is 79.9. The first kappa shape index (κ1) is 13.9. The Hall–Kier alpha value is -1.56. The molecule has 1 aromatic carbocycles. The van der Waals surface area contributed by atoms with Crippen LogP contribution in [0.3, 0.4) is 0 Å². The van der Waals surface area contributed by atoms with Gasteiger partial charge in [-0.2, -0.15) is 0 Å². The molecule has 1 aliphatic heterocycles. The number of rotatable bonds is 4. The van der Waals surface area contributed by atoms with Crippen molar-refractivity contribution in [3.63, 3.8) is 0 Å². The van der Waals surface area contributed by atoms with Gasteiger partial charge in [-0.15, -0.1) is 0 Å². The summed E-state index contributed by atoms with van der Waals surface area (Å²) in [6.45, 7) is 0.691. The van der Waals surface area contributed by atoms with Crippen molar-refractivity contribution in [3.8, 4) is 5.75 Å². The number of halogens is 1. The van der Waals surface area contributed by atoms with E-state index in [1.165, 1.54) is 4.90 Å². The van der Waals surface area contributed by atoms with Gasteiger partial charge < -0.3 is 14.7 Å². The molecule has 1 N–H and O–H groups in total. The number of nitrogens with zero attached hydrogens (tertiary/aromatic N) is 1. The first-order chi connectivity index (χ1) is 9.06. The van der Waals surface area contributed by atoms with E-state index in [-0.39, 0.29) is 19.1 Å². The van der Waals surface area contributed by atoms with Crippen LogP contribution in [0.25, 0.3) is 0 Å². The fraction of sp³-hybridized carbons (Fsp3) is 0.385. The van der Waals surface area contributed by atoms with Crippen LogP contribution in [0.1, 0.15) is 6.42 Å². The van der Waals surface area contributed by atoms with Crippen molar-refractivity contribution in [2.24, 2.45) is 5.92 Å². The van der Waals surface area contributed by atoms with Gasteiger partial charge in [-0.1, -0.05) is 22.0 Å². The summed E-state index contributed by atoms with van der Waals surface area (Å²) in [6.07, 6.45) is 0.512. The Labute approximate surface area is 119 Å². The van der Waals surface area contributed by atoms with E-state index in [9.17, 15) is 9.59 Å². The quantitative estimate of drug-likeness (QED) is 0.915. The average molecular weight is 328 g/mol. The molecule has 2 rings (SSSR count). The molecule has 1 heterocycles. The van der Waals surface area contributed by atoms with Crippen LogP contribution in [-0.4, -0.2) is 41.6 Å². The summed E-state index contributed by atoms with van der Waals surface area (Å²) >= 11 is 3.32. The number of carbonyl (C=O) groups is 2. The molecule has 1 aromatic rings. The second-order valence-electron chi connectivity index (χ2n) is 4.41. The van der Waals surface area contributed by atoms with Gasteiger partial charge >= 0.3 is 5.97 Å². The van der Waals surface area contributed by atoms with E-state index < -0.39 is 11.9 Å². The minimum absolute atomic E-state index is 0.0667. The number of benzene rings is 1. The zero-order valence-electron chi connectivity index (χ0n) is 10.2. The van der Waals surface area contributed by atoms with Gasteiger partial charge in [0.05, 0.1) is 5.92 Å². The summed E-state index contributed by atoms with van der Waals surface area (Å²) in [5, 5.41) is 8.88. The molecule has 19 heavy (non-hydrogen) atoms. The third kappa shape index (κ3) is 3.70. The molecular formula is C13H14BrNO4. The minimum atomic E-state index is -0.844. The number of ether oxygens (including phenoxy) is 1. The molecule has 1 atom stereocenters. The maximum atomic E-state index is 11.9. The van der Waals surface area contributed by atoms with Crippen molar-refractivity contribution in [1.29, 1.82) is 0 Å². The van der Waals surface area contributed by atoms with Gasteiger partial charge in [-0.3, -0.25) is 9.59 Å². The lowest BCUT2D eigenvalue weighted by Crippen LogP contribution is -2.33. The summed E-state index contributed by atoms with van der Waals surface area (Å²) in [6, 6.07) is 7.23. The van der Waals surface area contributed by atoms with E-state index in [0.29, 0.717) is 18.7 Å². The first-order valence-electron chi connectivity index (χ1n) is 5.95. The van der Waals surface area contributed by atoms with Gasteiger partial charge in [0, 0.05) is 17.6 Å². The summed E-state index contributed by atoms with van der Waals surface area (Å²) in [4.78, 5) is 24.2. The SMILES string of the molecule is O=C(O)[C@@H]1CCN(C(=O)COc2cccc(Br)c2)C1. The highest BCUT2D eigenvalue weighted by Crippen LogP contribution is 2.19. The van der Waals surface area contributed by atoms with Crippen LogP contribution in [-0.2, 0) is 9.59 Å². The maximum Gasteiger partial charge on any atom is 0.308 e. The summed E-state index contributed by atoms with van der Waals surface area (Å²) < 4.78 is 6.27. The average Bonchev–Trinajstić information content (AvgIpc) is 2.86. The molecule has 102 valence electrons. The Kier molecular flexibility index (Phi) is 4.42. The summed E-state index contributed by atoms with van der Waals surface area (Å²) in [5.41, 5.74) is 0. The number of carbonyl (C=O) groups excluding carboxylic acids is 1. The van der Waals surface area contributed by atoms with E-state index in [1.54, 1.807) is 12.1 Å². The van der Waals surface area contributed by atoms with Crippen molar-refractivity contribution in [2.75, 3.05) is 19.7 Å². The molecule has 0 radical (unpaired) electrons. The van der Waals surface area contributed by atoms with Crippen LogP contribution in [0.4, 0.5) is 0 Å². The van der Waals surface area contributed by atoms with Gasteiger partial charge in [0.15, 0.2) is 6.61 Å². The summed E-state index contributed by atoms with van der Waals surface area (Å²) in [7, 11) is 0. The standard InChI is InChI=1S/C13H14BrNO4/c14-10-2-1-3-11(6-10)19-8-12(16)15-5-4-9(7-15)13(17)18/h1-3,6,9H,4-5,7-8H2,(H,17,18)/t9-/m1/s1. The monoisotopic (exact) mass is 327 g/mol. The fourth-order valence-electron chi connectivity index (χ4n) is 1.98. The lowest BCUT2D eigenvalue weighted by Gasteiger charge is -2.16. The molecule has 0 aliphatic carbocycles. The van der Waals surface area contributed by atoms with Crippen LogP contribution in [0.5, 0.6) is 5.75 Å². The molecule has 1 fully saturated rings. The van der Waals surface area contributed by atoms with Crippen molar-refractivity contribution < 1.29 is 19.4 Å². The Balaban J connectivity index is 1.84. The molecule has 0 saturated carbocycles. The van der Waals surface area contributed by atoms with Gasteiger partial charge in [0.1, 0.15) is 5.75 Å². The Morgan fingerprint density at radius 2 is 2.26 bits per heavy atom. The summed E-state index contributed by atoms with van der Waals surface area (Å²) in [5.74, 6) is -0.863. The third-order valence-corrected chi connectivity index (χ3v) is 3.54. The Bertz CT molecular complexity index is 491. The van der Waals surface area contributed by atoms with Gasteiger partial charge in [-0.05, 0) is 24.6 Å². The number of carboxylic acid groups (broad SMARTS) is 1. The zero-order valence-corrected chi connectivity index (χ0v) is 11.8. The number of hydrogen-bond donors (Lipinski definition) is 1. The van der Waals surface area contributed by atoms with E-state index in [1.807, 2.05) is 12.1 Å². The van der Waals surface area contributed by atoms with Crippen molar-refractivity contribution in [3.05, 3.63) is 28.7 Å². The Morgan fingerprint density at radius 3 is 2.89 bits per heavy atom. The smallest absolute Gasteiger partial charge is 0.308 e. The topological polar surface area (TPSA) is 66.8 Å². The molecular weight excluding hydrogens is 314 g/mol. The van der Waals surface area contributed by atoms with Crippen LogP contribution in [0.15, 0.2) is 28.7 Å². The molecule has 0 unspecified atom stereocenters. The fourth-order valence-corrected chi connectivity index (χ4v) is 2.36. The van der Waals surface area contributed by atoms with E-state index in [2.05, 4.69) is 15.9 Å². The van der Waals surface area contributed by atoms with Crippen LogP contribution in [0, 0.1) is 5.92 Å². The number of hydrogen-bond acceptors (Lipinski definition) is 3. The predicted octanol–water partition coefficient (Wildman–Crippen LogP) is 1.76. The predicted molar refractivity (Wildman–Crippen MR) is 72.0 cm³/mol. The first-order valence-corrected chi connectivity index (χ1v) is 6.74. The second-order valence-corrected chi connectivity index (χ2v) is 5.33. The second kappa shape index (κ2) is 6.06. The van der Waals surface area contributed by atoms with Crippen LogP contribution >= 0.6 is 15.9 Å². The van der Waals surface area contributed by atoms with Crippen molar-refractivity contribution in [2.45, 2.75) is 6.42 Å². The Morgan fingerprint density at radius 1 is 1.47 bits per heavy atom. The lowest BCUT2D eigenvalue weighted by atomic mass is 10.1. The molecule has 1 amide bonds. The van der Waals surface area contributed by atoms with Crippen LogP contribution < -0.4 is 4.74 Å². The van der Waals surface area contributed by atoms with Crippen LogP contribution in [0.2, 0.25) is 0 Å². The third-order valence-electron chi connectivity index (χ3n) is 3.05. The van der Waals surface area contributed by atoms with Crippen molar-refractivity contribution in [1.82, 2.24) is 4.90 Å². The zero-order chi connectivity index (χ0) is 13.8. The normalized spacial score (nSPS) is 18.4. The lowest BCUT2D eigenvalue weighted by molar-refractivity contribution is -0.141. The largest absolute Gasteiger partial charge is 0.484 e. The number of amides is 1. The molecule has 0 aromatic heterocycles. The van der Waals surface area contributed by atoms with E-state index >= 15 is 0 Å².